The summed E-state index contributed by atoms with van der Waals surface area (Å²) in [6.45, 7) is 0. The molecule has 0 saturated carbocycles. The minimum absolute atomic E-state index is 0.114. The van der Waals surface area contributed by atoms with E-state index in [0.717, 1.165) is 16.5 Å². The Morgan fingerprint density at radius 2 is 2.38 bits per heavy atom. The highest BCUT2D eigenvalue weighted by Crippen LogP contribution is 2.21. The lowest BCUT2D eigenvalue weighted by Crippen LogP contribution is -2.32. The molecule has 84 valence electrons. The van der Waals surface area contributed by atoms with Crippen molar-refractivity contribution in [2.24, 2.45) is 12.8 Å². The summed E-state index contributed by atoms with van der Waals surface area (Å²) in [5.41, 5.74) is 7.35. The number of nitrogens with two attached hydrogens (primary N) is 1. The van der Waals surface area contributed by atoms with Crippen molar-refractivity contribution in [1.29, 1.82) is 0 Å². The minimum Gasteiger partial charge on any atom is -0.480 e. The summed E-state index contributed by atoms with van der Waals surface area (Å²) in [4.78, 5) is 10.7. The molecular formula is C12H14N2O2. The van der Waals surface area contributed by atoms with Crippen molar-refractivity contribution in [1.82, 2.24) is 4.57 Å². The van der Waals surface area contributed by atoms with Crippen molar-refractivity contribution in [2.45, 2.75) is 12.5 Å². The normalized spacial score (nSPS) is 13.7. The second kappa shape index (κ2) is 3.98. The van der Waals surface area contributed by atoms with Crippen molar-refractivity contribution in [3.63, 3.8) is 0 Å². The zero-order valence-corrected chi connectivity index (χ0v) is 8.76. The Kier molecular flexibility index (Phi) is 2.34. The number of carbonyl (C=O) groups is 1. The number of para-hydroxylation sites is 1. The van der Waals surface area contributed by atoms with E-state index >= 15 is 0 Å². The van der Waals surface area contributed by atoms with Crippen LogP contribution in [0.3, 0.4) is 0 Å². The predicted octanol–water partition coefficient (Wildman–Crippen LogP) is 1.13. The van der Waals surface area contributed by atoms with E-state index < -0.39 is 12.0 Å². The smallest absolute Gasteiger partial charge is 0.320 e. The maximum Gasteiger partial charge on any atom is 0.320 e. The maximum absolute atomic E-state index is 10.7. The molecule has 0 amide bonds. The molecule has 0 spiro atoms. The molecule has 0 aliphatic heterocycles. The van der Waals surface area contributed by atoms with E-state index in [2.05, 4.69) is 0 Å². The van der Waals surface area contributed by atoms with Gasteiger partial charge in [-0.3, -0.25) is 4.79 Å². The van der Waals surface area contributed by atoms with Gasteiger partial charge in [0.05, 0.1) is 0 Å². The molecule has 4 nitrogen and oxygen atoms in total. The number of nitrogens with zero attached hydrogens (tertiary/aromatic N) is 1. The molecular weight excluding hydrogens is 204 g/mol. The second-order valence-electron chi connectivity index (χ2n) is 3.79. The number of aryl methyl sites for hydroxylation is 1. The Bertz CT molecular complexity index is 550. The lowest BCUT2D eigenvalue weighted by atomic mass is 10.1. The van der Waals surface area contributed by atoms with Gasteiger partial charge in [-0.05, 0) is 11.6 Å². The number of rotatable bonds is 3. The van der Waals surface area contributed by atoms with Crippen LogP contribution in [0.2, 0.25) is 0 Å². The number of aliphatic carboxylic acids is 1. The lowest BCUT2D eigenvalue weighted by molar-refractivity contribution is -0.138. The third-order valence-electron chi connectivity index (χ3n) is 2.63. The highest BCUT2D eigenvalue weighted by atomic mass is 16.4. The van der Waals surface area contributed by atoms with Gasteiger partial charge in [0.1, 0.15) is 6.04 Å². The van der Waals surface area contributed by atoms with Crippen LogP contribution in [0.15, 0.2) is 30.5 Å². The molecule has 0 bridgehead atoms. The topological polar surface area (TPSA) is 68.2 Å². The molecule has 3 N–H and O–H groups in total. The lowest BCUT2D eigenvalue weighted by Gasteiger charge is -2.04. The van der Waals surface area contributed by atoms with E-state index in [0.29, 0.717) is 0 Å². The van der Waals surface area contributed by atoms with Crippen molar-refractivity contribution < 1.29 is 11.3 Å². The molecule has 1 heterocycles. The summed E-state index contributed by atoms with van der Waals surface area (Å²) in [6, 6.07) is 6.73. The molecule has 4 heteroatoms. The Morgan fingerprint density at radius 3 is 3.06 bits per heavy atom. The van der Waals surface area contributed by atoms with Crippen molar-refractivity contribution in [3.05, 3.63) is 36.0 Å². The largest absolute Gasteiger partial charge is 0.480 e. The molecule has 0 fully saturated rings. The third kappa shape index (κ3) is 1.79. The Morgan fingerprint density at radius 1 is 1.62 bits per heavy atom. The first-order valence-corrected chi connectivity index (χ1v) is 4.98. The molecule has 1 atom stereocenters. The molecule has 1 aromatic carbocycles. The third-order valence-corrected chi connectivity index (χ3v) is 2.63. The summed E-state index contributed by atoms with van der Waals surface area (Å²) >= 11 is 0. The number of aromatic nitrogens is 1. The number of hydrogen-bond donors (Lipinski definition) is 2. The highest BCUT2D eigenvalue weighted by molar-refractivity contribution is 5.85. The fourth-order valence-corrected chi connectivity index (χ4v) is 1.81. The van der Waals surface area contributed by atoms with Crippen molar-refractivity contribution in [3.8, 4) is 0 Å². The summed E-state index contributed by atoms with van der Waals surface area (Å²) < 4.78 is 9.20. The van der Waals surface area contributed by atoms with Gasteiger partial charge in [0, 0.05) is 31.9 Å². The van der Waals surface area contributed by atoms with E-state index in [4.69, 9.17) is 12.2 Å². The fourth-order valence-electron chi connectivity index (χ4n) is 1.81. The first kappa shape index (κ1) is 9.42. The van der Waals surface area contributed by atoms with Crippen LogP contribution in [0.1, 0.15) is 6.93 Å². The predicted molar refractivity (Wildman–Crippen MR) is 62.2 cm³/mol. The van der Waals surface area contributed by atoms with Crippen LogP contribution in [0.4, 0.5) is 0 Å². The van der Waals surface area contributed by atoms with Gasteiger partial charge in [0.25, 0.3) is 0 Å². The number of carboxylic acids is 1. The van der Waals surface area contributed by atoms with Crippen molar-refractivity contribution in [2.75, 3.05) is 0 Å². The van der Waals surface area contributed by atoms with E-state index in [-0.39, 0.29) is 13.4 Å². The first-order chi connectivity index (χ1) is 8.13. The zero-order chi connectivity index (χ0) is 12.4. The molecule has 2 rings (SSSR count). The molecule has 0 aliphatic carbocycles. The van der Waals surface area contributed by atoms with Crippen LogP contribution in [0.25, 0.3) is 10.9 Å². The molecule has 0 saturated heterocycles. The van der Waals surface area contributed by atoms with Gasteiger partial charge in [-0.2, -0.15) is 0 Å². The number of hydrogen-bond acceptors (Lipinski definition) is 2. The van der Waals surface area contributed by atoms with Crippen LogP contribution < -0.4 is 5.73 Å². The van der Waals surface area contributed by atoms with Gasteiger partial charge in [-0.15, -0.1) is 0 Å². The molecule has 2 aromatic rings. The Hall–Kier alpha value is -1.81. The Balaban J connectivity index is 2.44. The van der Waals surface area contributed by atoms with Gasteiger partial charge in [0.15, 0.2) is 0 Å². The van der Waals surface area contributed by atoms with Gasteiger partial charge >= 0.3 is 5.97 Å². The average Bonchev–Trinajstić information content (AvgIpc) is 2.68. The SMILES string of the molecule is [2H]Cn1cc(C[C@H](N)C(=O)O)c2ccccc21. The molecule has 16 heavy (non-hydrogen) atoms. The van der Waals surface area contributed by atoms with E-state index in [9.17, 15) is 4.79 Å². The molecule has 1 aromatic heterocycles. The maximum atomic E-state index is 10.7. The van der Waals surface area contributed by atoms with Gasteiger partial charge < -0.3 is 15.4 Å². The van der Waals surface area contributed by atoms with Crippen LogP contribution in [-0.2, 0) is 18.2 Å². The quantitative estimate of drug-likeness (QED) is 0.813. The standard InChI is InChI=1S/C12H14N2O2/c1-14-7-8(6-10(13)12(15)16)9-4-2-3-5-11(9)14/h2-5,7,10H,6,13H2,1H3,(H,15,16)/t10-/m0/s1/i1D. The van der Waals surface area contributed by atoms with E-state index in [1.165, 1.54) is 0 Å². The number of carboxylic acid groups (broad SMARTS) is 1. The summed E-state index contributed by atoms with van der Waals surface area (Å²) in [5.74, 6) is -1.01. The molecule has 0 unspecified atom stereocenters. The van der Waals surface area contributed by atoms with Crippen LogP contribution in [0, 0.1) is 0 Å². The number of benzene rings is 1. The van der Waals surface area contributed by atoms with E-state index in [1.54, 1.807) is 10.8 Å². The Labute approximate surface area is 94.7 Å². The summed E-state index contributed by atoms with van der Waals surface area (Å²) in [5, 5.41) is 9.78. The summed E-state index contributed by atoms with van der Waals surface area (Å²) in [6.07, 6.45) is 2.09. The van der Waals surface area contributed by atoms with E-state index in [1.807, 2.05) is 24.3 Å². The van der Waals surface area contributed by atoms with Gasteiger partial charge in [0.2, 0.25) is 0 Å². The highest BCUT2D eigenvalue weighted by Gasteiger charge is 2.15. The zero-order valence-electron chi connectivity index (χ0n) is 9.76. The number of fused-ring (bicyclic) bond motifs is 1. The summed E-state index contributed by atoms with van der Waals surface area (Å²) in [7, 11) is 0.114. The monoisotopic (exact) mass is 219 g/mol. The van der Waals surface area contributed by atoms with Crippen molar-refractivity contribution >= 4 is 16.9 Å². The van der Waals surface area contributed by atoms with Gasteiger partial charge in [-0.25, -0.2) is 0 Å². The molecule has 0 aliphatic rings. The van der Waals surface area contributed by atoms with Gasteiger partial charge in [-0.1, -0.05) is 18.2 Å². The first-order valence-electron chi connectivity index (χ1n) is 5.68. The van der Waals surface area contributed by atoms with Crippen LogP contribution in [-0.4, -0.2) is 21.7 Å². The average molecular weight is 219 g/mol. The molecule has 0 radical (unpaired) electrons. The second-order valence-corrected chi connectivity index (χ2v) is 3.79. The van der Waals surface area contributed by atoms with Crippen LogP contribution >= 0.6 is 0 Å². The van der Waals surface area contributed by atoms with Crippen LogP contribution in [0.5, 0.6) is 0 Å². The minimum atomic E-state index is -1.01. The fraction of sp³-hybridized carbons (Fsp3) is 0.250.